The minimum atomic E-state index is -1.21. The first-order chi connectivity index (χ1) is 17.8. The van der Waals surface area contributed by atoms with E-state index in [1.807, 2.05) is 31.2 Å². The van der Waals surface area contributed by atoms with Crippen LogP contribution in [0.3, 0.4) is 0 Å². The summed E-state index contributed by atoms with van der Waals surface area (Å²) in [5.74, 6) is -3.70. The fourth-order valence-corrected chi connectivity index (χ4v) is 6.74. The van der Waals surface area contributed by atoms with Crippen molar-refractivity contribution in [1.29, 1.82) is 0 Å². The number of aliphatic carboxylic acids is 1. The molecule has 1 aromatic heterocycles. The zero-order chi connectivity index (χ0) is 26.4. The van der Waals surface area contributed by atoms with Crippen molar-refractivity contribution in [2.45, 2.75) is 62.9 Å². The van der Waals surface area contributed by atoms with Crippen molar-refractivity contribution >= 4 is 28.8 Å². The molecule has 0 saturated carbocycles. The molecule has 198 valence electrons. The molecule has 2 unspecified atom stereocenters. The van der Waals surface area contributed by atoms with Crippen LogP contribution in [-0.2, 0) is 25.8 Å². The van der Waals surface area contributed by atoms with Gasteiger partial charge in [0.15, 0.2) is 0 Å². The first kappa shape index (κ1) is 25.3. The molecule has 1 spiro atoms. The molecule has 0 radical (unpaired) electrons. The predicted molar refractivity (Wildman–Crippen MR) is 132 cm³/mol. The van der Waals surface area contributed by atoms with Crippen molar-refractivity contribution in [3.8, 4) is 0 Å². The average molecular weight is 512 g/mol. The SMILES string of the molecule is C=CCN(Cn1nnc2ccccc21)C(=O)C1N(CCCCO)C(=O)[C@@H]2[C@@H](C(=O)O)[C@@]3(CC)CCC12O3. The number of likely N-dealkylation sites (tertiary alicyclic amines) is 1. The summed E-state index contributed by atoms with van der Waals surface area (Å²) < 4.78 is 8.19. The Bertz CT molecular complexity index is 1230. The Kier molecular flexibility index (Phi) is 6.53. The van der Waals surface area contributed by atoms with Gasteiger partial charge >= 0.3 is 5.97 Å². The summed E-state index contributed by atoms with van der Waals surface area (Å²) in [6, 6.07) is 6.45. The van der Waals surface area contributed by atoms with E-state index < -0.39 is 35.0 Å². The summed E-state index contributed by atoms with van der Waals surface area (Å²) in [5.41, 5.74) is -0.721. The van der Waals surface area contributed by atoms with E-state index in [4.69, 9.17) is 4.74 Å². The lowest BCUT2D eigenvalue weighted by Gasteiger charge is -2.36. The van der Waals surface area contributed by atoms with Gasteiger partial charge in [-0.05, 0) is 44.2 Å². The number of benzene rings is 1. The normalized spacial score (nSPS) is 30.2. The van der Waals surface area contributed by atoms with Gasteiger partial charge in [-0.25, -0.2) is 4.68 Å². The third kappa shape index (κ3) is 3.74. The zero-order valence-electron chi connectivity index (χ0n) is 21.0. The quantitative estimate of drug-likeness (QED) is 0.341. The number of hydrogen-bond acceptors (Lipinski definition) is 7. The van der Waals surface area contributed by atoms with Crippen LogP contribution < -0.4 is 0 Å². The van der Waals surface area contributed by atoms with Gasteiger partial charge in [0.1, 0.15) is 29.7 Å². The molecule has 37 heavy (non-hydrogen) atoms. The van der Waals surface area contributed by atoms with Crippen LogP contribution >= 0.6 is 0 Å². The van der Waals surface area contributed by atoms with Crippen LogP contribution in [0, 0.1) is 11.8 Å². The largest absolute Gasteiger partial charge is 0.481 e. The van der Waals surface area contributed by atoms with E-state index in [1.54, 1.807) is 15.7 Å². The third-order valence-electron chi connectivity index (χ3n) is 8.37. The standard InChI is InChI=1S/C26H33N5O6/c1-3-13-29(16-31-18-10-6-5-9-17(18)27-28-31)23(34)21-26-12-11-25(4-2,37-26)20(24(35)36)19(26)22(33)30(21)14-7-8-15-32/h3,5-6,9-10,19-21,32H,1,4,7-8,11-16H2,2H3,(H,35,36)/t19-,20-,21?,25+,26?/m0/s1. The van der Waals surface area contributed by atoms with Crippen LogP contribution in [-0.4, -0.2) is 89.7 Å². The molecule has 3 aliphatic heterocycles. The Hall–Kier alpha value is -3.31. The summed E-state index contributed by atoms with van der Waals surface area (Å²) >= 11 is 0. The van der Waals surface area contributed by atoms with Gasteiger partial charge in [-0.3, -0.25) is 14.4 Å². The Morgan fingerprint density at radius 2 is 2.08 bits per heavy atom. The van der Waals surface area contributed by atoms with Crippen LogP contribution in [0.2, 0.25) is 0 Å². The summed E-state index contributed by atoms with van der Waals surface area (Å²) in [6.07, 6.45) is 3.92. The van der Waals surface area contributed by atoms with E-state index in [9.17, 15) is 24.6 Å². The van der Waals surface area contributed by atoms with Crippen molar-refractivity contribution in [3.63, 3.8) is 0 Å². The van der Waals surface area contributed by atoms with Gasteiger partial charge in [-0.15, -0.1) is 11.7 Å². The van der Waals surface area contributed by atoms with Crippen LogP contribution in [0.25, 0.3) is 11.0 Å². The number of nitrogens with zero attached hydrogens (tertiary/aromatic N) is 5. The Morgan fingerprint density at radius 3 is 2.78 bits per heavy atom. The maximum atomic E-state index is 14.3. The lowest BCUT2D eigenvalue weighted by Crippen LogP contribution is -2.56. The molecule has 3 aliphatic rings. The van der Waals surface area contributed by atoms with Crippen LogP contribution in [0.1, 0.15) is 39.0 Å². The van der Waals surface area contributed by atoms with Gasteiger partial charge < -0.3 is 24.7 Å². The van der Waals surface area contributed by atoms with Crippen molar-refractivity contribution < 1.29 is 29.3 Å². The molecule has 11 heteroatoms. The molecule has 4 heterocycles. The number of ether oxygens (including phenoxy) is 1. The number of fused-ring (bicyclic) bond motifs is 2. The number of amides is 2. The van der Waals surface area contributed by atoms with Crippen molar-refractivity contribution in [2.24, 2.45) is 11.8 Å². The van der Waals surface area contributed by atoms with Gasteiger partial charge in [0.2, 0.25) is 11.8 Å². The molecule has 2 amide bonds. The molecule has 2 N–H and O–H groups in total. The average Bonchev–Trinajstić information content (AvgIpc) is 3.61. The molecule has 3 fully saturated rings. The number of aromatic nitrogens is 3. The molecule has 2 aromatic rings. The van der Waals surface area contributed by atoms with E-state index in [1.165, 1.54) is 4.90 Å². The molecule has 5 rings (SSSR count). The molecular formula is C26H33N5O6. The summed E-state index contributed by atoms with van der Waals surface area (Å²) in [7, 11) is 0. The second kappa shape index (κ2) is 9.53. The van der Waals surface area contributed by atoms with E-state index in [-0.39, 0.29) is 38.2 Å². The highest BCUT2D eigenvalue weighted by molar-refractivity contribution is 5.98. The maximum absolute atomic E-state index is 14.3. The highest BCUT2D eigenvalue weighted by Gasteiger charge is 2.79. The number of aliphatic hydroxyl groups excluding tert-OH is 1. The van der Waals surface area contributed by atoms with Crippen molar-refractivity contribution in [3.05, 3.63) is 36.9 Å². The first-order valence-corrected chi connectivity index (χ1v) is 12.9. The number of para-hydroxylation sites is 1. The highest BCUT2D eigenvalue weighted by atomic mass is 16.5. The van der Waals surface area contributed by atoms with E-state index in [2.05, 4.69) is 16.9 Å². The highest BCUT2D eigenvalue weighted by Crippen LogP contribution is 2.64. The fourth-order valence-electron chi connectivity index (χ4n) is 6.74. The minimum Gasteiger partial charge on any atom is -0.481 e. The van der Waals surface area contributed by atoms with Gasteiger partial charge in [-0.2, -0.15) is 0 Å². The van der Waals surface area contributed by atoms with Gasteiger partial charge in [0.05, 0.1) is 17.0 Å². The van der Waals surface area contributed by atoms with E-state index in [0.29, 0.717) is 37.6 Å². The second-order valence-electron chi connectivity index (χ2n) is 10.2. The number of carbonyl (C=O) groups excluding carboxylic acids is 2. The van der Waals surface area contributed by atoms with Gasteiger partial charge in [0.25, 0.3) is 0 Å². The molecule has 3 saturated heterocycles. The second-order valence-corrected chi connectivity index (χ2v) is 10.2. The van der Waals surface area contributed by atoms with Crippen LogP contribution in [0.5, 0.6) is 0 Å². The molecule has 5 atom stereocenters. The number of aliphatic hydroxyl groups is 1. The summed E-state index contributed by atoms with van der Waals surface area (Å²) in [4.78, 5) is 43.7. The zero-order valence-corrected chi connectivity index (χ0v) is 21.0. The molecule has 2 bridgehead atoms. The van der Waals surface area contributed by atoms with E-state index >= 15 is 0 Å². The van der Waals surface area contributed by atoms with Gasteiger partial charge in [-0.1, -0.05) is 30.3 Å². The number of carbonyl (C=O) groups is 3. The smallest absolute Gasteiger partial charge is 0.310 e. The molecule has 11 nitrogen and oxygen atoms in total. The Labute approximate surface area is 214 Å². The number of unbranched alkanes of at least 4 members (excludes halogenated alkanes) is 1. The van der Waals surface area contributed by atoms with E-state index in [0.717, 1.165) is 5.52 Å². The predicted octanol–water partition coefficient (Wildman–Crippen LogP) is 1.42. The van der Waals surface area contributed by atoms with Gasteiger partial charge in [0, 0.05) is 19.7 Å². The van der Waals surface area contributed by atoms with Crippen LogP contribution in [0.4, 0.5) is 0 Å². The monoisotopic (exact) mass is 511 g/mol. The Morgan fingerprint density at radius 1 is 1.30 bits per heavy atom. The molecular weight excluding hydrogens is 478 g/mol. The fraction of sp³-hybridized carbons (Fsp3) is 0.577. The molecule has 1 aromatic carbocycles. The molecule has 0 aliphatic carbocycles. The number of hydrogen-bond donors (Lipinski definition) is 2. The lowest BCUT2D eigenvalue weighted by atomic mass is 9.65. The number of carboxylic acid groups (broad SMARTS) is 1. The summed E-state index contributed by atoms with van der Waals surface area (Å²) in [5, 5.41) is 27.9. The van der Waals surface area contributed by atoms with Crippen molar-refractivity contribution in [2.75, 3.05) is 19.7 Å². The number of rotatable bonds is 11. The lowest BCUT2D eigenvalue weighted by molar-refractivity contribution is -0.158. The maximum Gasteiger partial charge on any atom is 0.310 e. The number of carboxylic acids is 1. The van der Waals surface area contributed by atoms with Crippen LogP contribution in [0.15, 0.2) is 36.9 Å². The summed E-state index contributed by atoms with van der Waals surface area (Å²) in [6.45, 7) is 6.16. The topological polar surface area (TPSA) is 138 Å². The minimum absolute atomic E-state index is 0.0373. The third-order valence-corrected chi connectivity index (χ3v) is 8.37. The Balaban J connectivity index is 1.54. The first-order valence-electron chi connectivity index (χ1n) is 12.9. The van der Waals surface area contributed by atoms with Crippen molar-refractivity contribution in [1.82, 2.24) is 24.8 Å².